The molecule has 1 aromatic carbocycles. The number of carbonyl (C=O) groups is 3. The van der Waals surface area contributed by atoms with E-state index in [2.05, 4.69) is 5.32 Å². The number of anilines is 1. The Bertz CT molecular complexity index is 660. The molecule has 2 atom stereocenters. The van der Waals surface area contributed by atoms with Crippen LogP contribution in [0.1, 0.15) is 36.0 Å². The molecule has 0 heterocycles. The fourth-order valence-electron chi connectivity index (χ4n) is 2.90. The molecule has 7 heteroatoms. The van der Waals surface area contributed by atoms with Crippen molar-refractivity contribution in [1.82, 2.24) is 4.90 Å². The van der Waals surface area contributed by atoms with Crippen molar-refractivity contribution < 1.29 is 19.5 Å². The highest BCUT2D eigenvalue weighted by Gasteiger charge is 2.31. The molecular weight excluding hydrogens is 332 g/mol. The molecule has 2 amide bonds. The van der Waals surface area contributed by atoms with Crippen LogP contribution in [0.2, 0.25) is 5.02 Å². The van der Waals surface area contributed by atoms with Gasteiger partial charge in [-0.1, -0.05) is 18.0 Å². The molecule has 0 aromatic heterocycles. The number of nitrogens with one attached hydrogen (secondary N) is 1. The minimum Gasteiger partial charge on any atom is -0.481 e. The van der Waals surface area contributed by atoms with Gasteiger partial charge < -0.3 is 15.3 Å². The van der Waals surface area contributed by atoms with E-state index in [4.69, 9.17) is 16.7 Å². The van der Waals surface area contributed by atoms with Crippen LogP contribution in [0.15, 0.2) is 18.2 Å². The summed E-state index contributed by atoms with van der Waals surface area (Å²) in [4.78, 5) is 37.0. The van der Waals surface area contributed by atoms with E-state index >= 15 is 0 Å². The third-order valence-corrected chi connectivity index (χ3v) is 4.59. The van der Waals surface area contributed by atoms with Crippen molar-refractivity contribution in [3.63, 3.8) is 0 Å². The van der Waals surface area contributed by atoms with Gasteiger partial charge in [0.25, 0.3) is 5.91 Å². The van der Waals surface area contributed by atoms with Crippen molar-refractivity contribution in [1.29, 1.82) is 0 Å². The third kappa shape index (κ3) is 4.26. The zero-order chi connectivity index (χ0) is 17.9. The highest BCUT2D eigenvalue weighted by Crippen LogP contribution is 2.30. The van der Waals surface area contributed by atoms with Gasteiger partial charge in [0.1, 0.15) is 0 Å². The molecule has 130 valence electrons. The van der Waals surface area contributed by atoms with Crippen molar-refractivity contribution in [3.05, 3.63) is 28.8 Å². The van der Waals surface area contributed by atoms with Gasteiger partial charge in [0, 0.05) is 25.7 Å². The first kappa shape index (κ1) is 18.3. The van der Waals surface area contributed by atoms with Crippen LogP contribution in [0.5, 0.6) is 0 Å². The van der Waals surface area contributed by atoms with Crippen molar-refractivity contribution in [2.45, 2.75) is 25.7 Å². The van der Waals surface area contributed by atoms with E-state index in [0.717, 1.165) is 6.42 Å². The minimum atomic E-state index is -0.849. The molecule has 1 aliphatic carbocycles. The van der Waals surface area contributed by atoms with Gasteiger partial charge in [0.05, 0.1) is 16.5 Å². The topological polar surface area (TPSA) is 86.7 Å². The number of carboxylic acids is 1. The summed E-state index contributed by atoms with van der Waals surface area (Å²) in [5.41, 5.74) is 0.790. The zero-order valence-electron chi connectivity index (χ0n) is 13.7. The summed E-state index contributed by atoms with van der Waals surface area (Å²) in [6, 6.07) is 4.74. The summed E-state index contributed by atoms with van der Waals surface area (Å²) in [5, 5.41) is 12.2. The lowest BCUT2D eigenvalue weighted by Gasteiger charge is -2.25. The predicted octanol–water partition coefficient (Wildman–Crippen LogP) is 2.87. The summed E-state index contributed by atoms with van der Waals surface area (Å²) in [6.07, 6.45) is 2.35. The predicted molar refractivity (Wildman–Crippen MR) is 91.2 cm³/mol. The lowest BCUT2D eigenvalue weighted by molar-refractivity contribution is -0.143. The van der Waals surface area contributed by atoms with E-state index in [9.17, 15) is 14.4 Å². The summed E-state index contributed by atoms with van der Waals surface area (Å²) in [5.74, 6) is -2.11. The number of hydrogen-bond acceptors (Lipinski definition) is 3. The average Bonchev–Trinajstić information content (AvgIpc) is 2.55. The van der Waals surface area contributed by atoms with E-state index in [0.29, 0.717) is 35.5 Å². The van der Waals surface area contributed by atoms with Crippen LogP contribution in [-0.2, 0) is 9.59 Å². The van der Waals surface area contributed by atoms with Gasteiger partial charge in [-0.05, 0) is 37.5 Å². The first-order valence-corrected chi connectivity index (χ1v) is 8.22. The van der Waals surface area contributed by atoms with E-state index in [1.54, 1.807) is 32.3 Å². The highest BCUT2D eigenvalue weighted by molar-refractivity contribution is 6.34. The second-order valence-electron chi connectivity index (χ2n) is 6.28. The first-order valence-electron chi connectivity index (χ1n) is 7.84. The van der Waals surface area contributed by atoms with E-state index in [-0.39, 0.29) is 17.7 Å². The van der Waals surface area contributed by atoms with Gasteiger partial charge in [0.15, 0.2) is 0 Å². The molecule has 1 saturated carbocycles. The lowest BCUT2D eigenvalue weighted by atomic mass is 9.81. The number of carboxylic acid groups (broad SMARTS) is 1. The Labute approximate surface area is 145 Å². The molecule has 1 aromatic rings. The van der Waals surface area contributed by atoms with E-state index < -0.39 is 11.9 Å². The summed E-state index contributed by atoms with van der Waals surface area (Å²) in [7, 11) is 3.25. The van der Waals surface area contributed by atoms with Gasteiger partial charge in [0.2, 0.25) is 5.91 Å². The SMILES string of the molecule is CN(C)C(=O)c1cc(NC(=O)C2CCCC(C(=O)O)C2)ccc1Cl. The van der Waals surface area contributed by atoms with Crippen molar-refractivity contribution >= 4 is 35.1 Å². The van der Waals surface area contributed by atoms with Crippen LogP contribution >= 0.6 is 11.6 Å². The normalized spacial score (nSPS) is 20.3. The standard InChI is InChI=1S/C17H21ClN2O4/c1-20(2)16(22)13-9-12(6-7-14(13)18)19-15(21)10-4-3-5-11(8-10)17(23)24/h6-7,9-11H,3-5,8H2,1-2H3,(H,19,21)(H,23,24). The molecule has 6 nitrogen and oxygen atoms in total. The second-order valence-corrected chi connectivity index (χ2v) is 6.69. The fraction of sp³-hybridized carbons (Fsp3) is 0.471. The molecule has 0 bridgehead atoms. The molecule has 1 aliphatic rings. The maximum Gasteiger partial charge on any atom is 0.306 e. The number of halogens is 1. The summed E-state index contributed by atoms with van der Waals surface area (Å²) in [6.45, 7) is 0. The smallest absolute Gasteiger partial charge is 0.306 e. The summed E-state index contributed by atoms with van der Waals surface area (Å²) < 4.78 is 0. The van der Waals surface area contributed by atoms with E-state index in [1.807, 2.05) is 0 Å². The van der Waals surface area contributed by atoms with Crippen LogP contribution in [0.4, 0.5) is 5.69 Å². The number of carbonyl (C=O) groups excluding carboxylic acids is 2. The van der Waals surface area contributed by atoms with Gasteiger partial charge in [-0.15, -0.1) is 0 Å². The zero-order valence-corrected chi connectivity index (χ0v) is 14.5. The number of rotatable bonds is 4. The maximum absolute atomic E-state index is 12.4. The Kier molecular flexibility index (Phi) is 5.83. The van der Waals surface area contributed by atoms with Crippen LogP contribution in [0, 0.1) is 11.8 Å². The van der Waals surface area contributed by atoms with Gasteiger partial charge in [-0.3, -0.25) is 14.4 Å². The highest BCUT2D eigenvalue weighted by atomic mass is 35.5. The lowest BCUT2D eigenvalue weighted by Crippen LogP contribution is -2.31. The Morgan fingerprint density at radius 3 is 2.50 bits per heavy atom. The van der Waals surface area contributed by atoms with Crippen LogP contribution in [0.25, 0.3) is 0 Å². The second kappa shape index (κ2) is 7.66. The van der Waals surface area contributed by atoms with E-state index in [1.165, 1.54) is 4.90 Å². The molecule has 2 unspecified atom stereocenters. The Hall–Kier alpha value is -2.08. The largest absolute Gasteiger partial charge is 0.481 e. The molecule has 0 aliphatic heterocycles. The van der Waals surface area contributed by atoms with Crippen LogP contribution in [0.3, 0.4) is 0 Å². The number of nitrogens with zero attached hydrogens (tertiary/aromatic N) is 1. The number of amides is 2. The Morgan fingerprint density at radius 1 is 1.21 bits per heavy atom. The summed E-state index contributed by atoms with van der Waals surface area (Å²) >= 11 is 6.05. The molecular formula is C17H21ClN2O4. The molecule has 2 N–H and O–H groups in total. The number of benzene rings is 1. The molecule has 2 rings (SSSR count). The quantitative estimate of drug-likeness (QED) is 0.872. The molecule has 0 saturated heterocycles. The molecule has 1 fully saturated rings. The average molecular weight is 353 g/mol. The number of aliphatic carboxylic acids is 1. The van der Waals surface area contributed by atoms with Crippen LogP contribution < -0.4 is 5.32 Å². The van der Waals surface area contributed by atoms with Gasteiger partial charge in [-0.2, -0.15) is 0 Å². The van der Waals surface area contributed by atoms with Crippen molar-refractivity contribution in [2.75, 3.05) is 19.4 Å². The van der Waals surface area contributed by atoms with Crippen molar-refractivity contribution in [2.24, 2.45) is 11.8 Å². The maximum atomic E-state index is 12.4. The molecule has 0 spiro atoms. The van der Waals surface area contributed by atoms with Gasteiger partial charge >= 0.3 is 5.97 Å². The fourth-order valence-corrected chi connectivity index (χ4v) is 3.10. The Morgan fingerprint density at radius 2 is 1.88 bits per heavy atom. The van der Waals surface area contributed by atoms with Crippen molar-refractivity contribution in [3.8, 4) is 0 Å². The third-order valence-electron chi connectivity index (χ3n) is 4.26. The number of hydrogen-bond donors (Lipinski definition) is 2. The van der Waals surface area contributed by atoms with Crippen LogP contribution in [-0.4, -0.2) is 41.9 Å². The first-order chi connectivity index (χ1) is 11.3. The minimum absolute atomic E-state index is 0.216. The molecule has 0 radical (unpaired) electrons. The van der Waals surface area contributed by atoms with Gasteiger partial charge in [-0.25, -0.2) is 0 Å². The molecule has 24 heavy (non-hydrogen) atoms. The Balaban J connectivity index is 2.10. The monoisotopic (exact) mass is 352 g/mol.